The number of alkyl halides is 3. The van der Waals surface area contributed by atoms with Gasteiger partial charge in [0.15, 0.2) is 0 Å². The van der Waals surface area contributed by atoms with Gasteiger partial charge in [-0.2, -0.15) is 21.6 Å². The Labute approximate surface area is 425 Å². The maximum atomic E-state index is 12.7. The Morgan fingerprint density at radius 1 is 0.535 bits per heavy atom. The maximum absolute atomic E-state index is 12.7. The van der Waals surface area contributed by atoms with E-state index in [-0.39, 0.29) is 29.5 Å². The smallest absolute Gasteiger partial charge is 0.399 e. The summed E-state index contributed by atoms with van der Waals surface area (Å²) >= 11 is 0. The average molecular weight is 1000 g/mol. The highest BCUT2D eigenvalue weighted by atomic mass is 32.2. The third-order valence-electron chi connectivity index (χ3n) is 16.2. The summed E-state index contributed by atoms with van der Waals surface area (Å²) in [5, 5.41) is 21.2. The number of hydrogen-bond acceptors (Lipinski definition) is 7. The minimum absolute atomic E-state index is 0.0696. The molecule has 5 rings (SSSR count). The van der Waals surface area contributed by atoms with E-state index >= 15 is 0 Å². The van der Waals surface area contributed by atoms with Gasteiger partial charge in [-0.15, -0.1) is 0 Å². The lowest BCUT2D eigenvalue weighted by molar-refractivity contribution is -0.0500. The average Bonchev–Trinajstić information content (AvgIpc) is 3.54. The quantitative estimate of drug-likeness (QED) is 0.0548. The molecule has 12 heteroatoms. The third kappa shape index (κ3) is 12.8. The Morgan fingerprint density at radius 3 is 1.18 bits per heavy atom. The fourth-order valence-corrected chi connectivity index (χ4v) is 10.2. The van der Waals surface area contributed by atoms with Crippen LogP contribution in [-0.2, 0) is 30.3 Å². The van der Waals surface area contributed by atoms with E-state index in [4.69, 9.17) is 9.31 Å². The summed E-state index contributed by atoms with van der Waals surface area (Å²) in [6, 6.07) is 24.4. The molecule has 0 amide bonds. The molecular weight excluding hydrogens is 921 g/mol. The highest BCUT2D eigenvalue weighted by Gasteiger charge is 2.52. The van der Waals surface area contributed by atoms with Crippen molar-refractivity contribution in [1.29, 1.82) is 0 Å². The molecule has 0 aromatic heterocycles. The van der Waals surface area contributed by atoms with Crippen LogP contribution in [0.15, 0.2) is 84.9 Å². The predicted octanol–water partition coefficient (Wildman–Crippen LogP) is 14.5. The lowest BCUT2D eigenvalue weighted by atomic mass is 9.68. The predicted molar refractivity (Wildman–Crippen MR) is 288 cm³/mol. The number of benzene rings is 4. The third-order valence-corrected chi connectivity index (χ3v) is 17.2. The molecule has 4 aromatic rings. The number of aryl methyl sites for hydroxylation is 4. The van der Waals surface area contributed by atoms with E-state index in [1.807, 2.05) is 78.8 Å². The van der Waals surface area contributed by atoms with Crippen molar-refractivity contribution in [2.24, 2.45) is 0 Å². The Morgan fingerprint density at radius 2 is 0.873 bits per heavy atom. The van der Waals surface area contributed by atoms with Crippen molar-refractivity contribution in [3.05, 3.63) is 141 Å². The molecule has 71 heavy (non-hydrogen) atoms. The Kier molecular flexibility index (Phi) is 19.2. The lowest BCUT2D eigenvalue weighted by Gasteiger charge is -2.34. The summed E-state index contributed by atoms with van der Waals surface area (Å²) in [7, 11) is -6.09. The molecule has 0 unspecified atom stereocenters. The van der Waals surface area contributed by atoms with Crippen LogP contribution in [0.4, 0.5) is 13.2 Å². The molecule has 4 aromatic carbocycles. The van der Waals surface area contributed by atoms with Crippen LogP contribution < -0.4 is 9.65 Å². The second kappa shape index (κ2) is 22.9. The molecule has 1 heterocycles. The monoisotopic (exact) mass is 1000 g/mol. The van der Waals surface area contributed by atoms with Crippen LogP contribution in [0.1, 0.15) is 190 Å². The standard InChI is InChI=1S/C32H47BO3.C27H35F3O4S/c1-11-31(34,12-2)20-19-25-15-16-26(21-23(25)5)32(13-3,14-4)27-17-18-28(24(6)22-27)33-35-29(7,8)30(9,10)36-33;1-7-25(31,8-2)16-15-21-11-12-22(17-19(21)5)26(9-3,10-4)23-13-14-24(20(6)18-23)34-35(32,33)27(28,29)30/h15-22,34H,11-14H2,1-10H3;11-18,31H,7-10H2,1-6H3/b20-19+;16-15+. The van der Waals surface area contributed by atoms with E-state index in [0.29, 0.717) is 31.2 Å². The van der Waals surface area contributed by atoms with E-state index < -0.39 is 32.2 Å². The van der Waals surface area contributed by atoms with E-state index in [1.54, 1.807) is 12.1 Å². The van der Waals surface area contributed by atoms with Crippen molar-refractivity contribution >= 4 is 34.9 Å². The van der Waals surface area contributed by atoms with Crippen LogP contribution in [0.5, 0.6) is 5.75 Å². The largest absolute Gasteiger partial charge is 0.534 e. The zero-order chi connectivity index (χ0) is 53.6. The minimum Gasteiger partial charge on any atom is -0.399 e. The van der Waals surface area contributed by atoms with E-state index in [1.165, 1.54) is 35.2 Å². The van der Waals surface area contributed by atoms with Gasteiger partial charge in [0.25, 0.3) is 0 Å². The SMILES string of the molecule is CCC(O)(/C=C/c1ccc(C(CC)(CC)c2ccc(B3OC(C)(C)C(C)(C)O3)c(C)c2)cc1C)CC.CCC(O)(/C=C/c1ccc(C(CC)(CC)c2ccc(OS(=O)(=O)C(F)(F)F)c(C)c2)cc1C)CC. The first-order valence-electron chi connectivity index (χ1n) is 25.6. The molecule has 1 aliphatic rings. The molecule has 0 bridgehead atoms. The summed E-state index contributed by atoms with van der Waals surface area (Å²) in [4.78, 5) is 0. The van der Waals surface area contributed by atoms with Crippen LogP contribution in [0.25, 0.3) is 12.2 Å². The summed E-state index contributed by atoms with van der Waals surface area (Å²) < 4.78 is 78.2. The van der Waals surface area contributed by atoms with E-state index in [0.717, 1.165) is 59.0 Å². The van der Waals surface area contributed by atoms with Gasteiger partial charge in [0, 0.05) is 10.8 Å². The van der Waals surface area contributed by atoms with Gasteiger partial charge in [-0.1, -0.05) is 152 Å². The first-order valence-corrected chi connectivity index (χ1v) is 27.0. The van der Waals surface area contributed by atoms with Gasteiger partial charge in [0.05, 0.1) is 22.4 Å². The first-order chi connectivity index (χ1) is 33.0. The number of hydrogen-bond donors (Lipinski definition) is 2. The van der Waals surface area contributed by atoms with Crippen molar-refractivity contribution < 1.29 is 45.3 Å². The normalized spacial score (nSPS) is 15.6. The molecule has 1 aliphatic heterocycles. The Balaban J connectivity index is 0.000000309. The van der Waals surface area contributed by atoms with Gasteiger partial charge < -0.3 is 23.7 Å². The molecule has 0 saturated carbocycles. The summed E-state index contributed by atoms with van der Waals surface area (Å²) in [6.45, 7) is 32.9. The fraction of sp³-hybridized carbons (Fsp3) is 0.525. The van der Waals surface area contributed by atoms with Crippen molar-refractivity contribution in [1.82, 2.24) is 0 Å². The van der Waals surface area contributed by atoms with Crippen LogP contribution >= 0.6 is 0 Å². The lowest BCUT2D eigenvalue weighted by Crippen LogP contribution is -2.41. The van der Waals surface area contributed by atoms with Crippen LogP contribution in [-0.4, -0.2) is 53.7 Å². The van der Waals surface area contributed by atoms with Crippen molar-refractivity contribution in [2.45, 2.75) is 201 Å². The topological polar surface area (TPSA) is 102 Å². The molecule has 7 nitrogen and oxygen atoms in total. The molecule has 0 atom stereocenters. The zero-order valence-corrected chi connectivity index (χ0v) is 46.3. The van der Waals surface area contributed by atoms with Gasteiger partial charge in [-0.25, -0.2) is 0 Å². The highest BCUT2D eigenvalue weighted by Crippen LogP contribution is 2.43. The van der Waals surface area contributed by atoms with Gasteiger partial charge >= 0.3 is 22.7 Å². The molecule has 1 saturated heterocycles. The maximum Gasteiger partial charge on any atom is 0.534 e. The van der Waals surface area contributed by atoms with Crippen molar-refractivity contribution in [3.8, 4) is 5.75 Å². The summed E-state index contributed by atoms with van der Waals surface area (Å²) in [5.74, 6) is -0.344. The molecular formula is C59H82BF3O7S. The first kappa shape index (κ1) is 59.4. The van der Waals surface area contributed by atoms with Gasteiger partial charge in [-0.05, 0) is 168 Å². The van der Waals surface area contributed by atoms with Crippen molar-refractivity contribution in [2.75, 3.05) is 0 Å². The van der Waals surface area contributed by atoms with Crippen molar-refractivity contribution in [3.63, 3.8) is 0 Å². The molecule has 1 fully saturated rings. The van der Waals surface area contributed by atoms with Gasteiger partial charge in [0.2, 0.25) is 0 Å². The van der Waals surface area contributed by atoms with Crippen LogP contribution in [0.2, 0.25) is 0 Å². The Hall–Kier alpha value is -4.20. The zero-order valence-electron chi connectivity index (χ0n) is 45.4. The van der Waals surface area contributed by atoms with Gasteiger partial charge in [0.1, 0.15) is 5.75 Å². The molecule has 2 N–H and O–H groups in total. The van der Waals surface area contributed by atoms with E-state index in [9.17, 15) is 31.8 Å². The van der Waals surface area contributed by atoms with E-state index in [2.05, 4.69) is 108 Å². The van der Waals surface area contributed by atoms with Crippen LogP contribution in [0, 0.1) is 27.7 Å². The highest BCUT2D eigenvalue weighted by molar-refractivity contribution is 7.88. The molecule has 0 radical (unpaired) electrons. The Bertz CT molecular complexity index is 2600. The second-order valence-corrected chi connectivity index (χ2v) is 22.2. The van der Waals surface area contributed by atoms with Gasteiger partial charge in [-0.3, -0.25) is 0 Å². The summed E-state index contributed by atoms with van der Waals surface area (Å²) in [6.07, 6.45) is 14.0. The second-order valence-electron chi connectivity index (χ2n) is 20.6. The molecule has 390 valence electrons. The number of halogens is 3. The fourth-order valence-electron chi connectivity index (χ4n) is 9.66. The minimum atomic E-state index is -5.74. The summed E-state index contributed by atoms with van der Waals surface area (Å²) in [5.41, 5.74) is 3.35. The molecule has 0 aliphatic carbocycles. The molecule has 0 spiro atoms. The number of rotatable bonds is 19. The van der Waals surface area contributed by atoms with Crippen LogP contribution in [0.3, 0.4) is 0 Å². The number of aliphatic hydroxyl groups is 2.